The molecule has 1 aromatic heterocycles. The van der Waals surface area contributed by atoms with Gasteiger partial charge >= 0.3 is 0 Å². The van der Waals surface area contributed by atoms with Crippen molar-refractivity contribution >= 4 is 33.1 Å². The van der Waals surface area contributed by atoms with Crippen LogP contribution in [0.25, 0.3) is 10.2 Å². The van der Waals surface area contributed by atoms with Gasteiger partial charge in [-0.15, -0.1) is 11.3 Å². The van der Waals surface area contributed by atoms with Crippen LogP contribution in [-0.4, -0.2) is 28.9 Å². The topological polar surface area (TPSA) is 45.2 Å². The van der Waals surface area contributed by atoms with Gasteiger partial charge in [0.1, 0.15) is 10.8 Å². The van der Waals surface area contributed by atoms with E-state index in [4.69, 9.17) is 4.98 Å². The van der Waals surface area contributed by atoms with Crippen LogP contribution in [0.2, 0.25) is 0 Å². The van der Waals surface area contributed by atoms with Gasteiger partial charge in [0.25, 0.3) is 0 Å². The zero-order valence-electron chi connectivity index (χ0n) is 14.5. The maximum Gasteiger partial charge on any atom is 0.238 e. The smallest absolute Gasteiger partial charge is 0.238 e. The van der Waals surface area contributed by atoms with Gasteiger partial charge in [-0.2, -0.15) is 0 Å². The Hall–Kier alpha value is -2.31. The van der Waals surface area contributed by atoms with Gasteiger partial charge in [-0.25, -0.2) is 9.37 Å². The molecule has 1 aliphatic heterocycles. The molecule has 1 fully saturated rings. The fourth-order valence-electron chi connectivity index (χ4n) is 3.38. The summed E-state index contributed by atoms with van der Waals surface area (Å²) in [5, 5.41) is 3.87. The SMILES string of the molecule is Cc1ccc(NC(=O)CN2CCCC2c2nc3ccccc3s2)cc1F. The molecule has 1 amide bonds. The van der Waals surface area contributed by atoms with E-state index < -0.39 is 0 Å². The van der Waals surface area contributed by atoms with Gasteiger partial charge in [0.15, 0.2) is 0 Å². The minimum absolute atomic E-state index is 0.124. The number of hydrogen-bond donors (Lipinski definition) is 1. The first-order valence-electron chi connectivity index (χ1n) is 8.76. The van der Waals surface area contributed by atoms with Crippen LogP contribution in [0, 0.1) is 12.7 Å². The highest BCUT2D eigenvalue weighted by atomic mass is 32.1. The number of para-hydroxylation sites is 1. The molecule has 0 radical (unpaired) electrons. The molecule has 0 bridgehead atoms. The minimum atomic E-state index is -0.309. The zero-order chi connectivity index (χ0) is 18.1. The standard InChI is InChI=1S/C20H20FN3OS/c1-13-8-9-14(11-15(13)21)22-19(25)12-24-10-4-6-17(24)20-23-16-5-2-3-7-18(16)26-20/h2-3,5,7-9,11,17H,4,6,10,12H2,1H3,(H,22,25). The Labute approximate surface area is 155 Å². The molecule has 2 heterocycles. The predicted molar refractivity (Wildman–Crippen MR) is 103 cm³/mol. The molecular weight excluding hydrogens is 349 g/mol. The Morgan fingerprint density at radius 3 is 3.00 bits per heavy atom. The fraction of sp³-hybridized carbons (Fsp3) is 0.300. The number of hydrogen-bond acceptors (Lipinski definition) is 4. The Morgan fingerprint density at radius 1 is 1.35 bits per heavy atom. The number of aromatic nitrogens is 1. The fourth-order valence-corrected chi connectivity index (χ4v) is 4.52. The van der Waals surface area contributed by atoms with Crippen molar-refractivity contribution in [3.05, 3.63) is 58.9 Å². The molecule has 0 saturated carbocycles. The van der Waals surface area contributed by atoms with E-state index in [1.54, 1.807) is 30.4 Å². The number of benzene rings is 2. The van der Waals surface area contributed by atoms with Gasteiger partial charge in [0.2, 0.25) is 5.91 Å². The van der Waals surface area contributed by atoms with Crippen LogP contribution in [0.1, 0.15) is 29.5 Å². The Bertz CT molecular complexity index is 922. The van der Waals surface area contributed by atoms with Gasteiger partial charge in [0, 0.05) is 5.69 Å². The number of likely N-dealkylation sites (tertiary alicyclic amines) is 1. The molecule has 3 aromatic rings. The molecule has 26 heavy (non-hydrogen) atoms. The first kappa shape index (κ1) is 17.1. The highest BCUT2D eigenvalue weighted by molar-refractivity contribution is 7.18. The number of carbonyl (C=O) groups excluding carboxylic acids is 1. The quantitative estimate of drug-likeness (QED) is 0.735. The van der Waals surface area contributed by atoms with Crippen LogP contribution in [0.15, 0.2) is 42.5 Å². The summed E-state index contributed by atoms with van der Waals surface area (Å²) in [6, 6.07) is 13.0. The third kappa shape index (κ3) is 3.48. The summed E-state index contributed by atoms with van der Waals surface area (Å²) in [6.45, 7) is 2.86. The summed E-state index contributed by atoms with van der Waals surface area (Å²) >= 11 is 1.70. The lowest BCUT2D eigenvalue weighted by Gasteiger charge is -2.22. The van der Waals surface area contributed by atoms with Crippen LogP contribution in [0.3, 0.4) is 0 Å². The highest BCUT2D eigenvalue weighted by Crippen LogP contribution is 2.36. The van der Waals surface area contributed by atoms with Crippen molar-refractivity contribution in [2.75, 3.05) is 18.4 Å². The molecule has 2 aromatic carbocycles. The largest absolute Gasteiger partial charge is 0.325 e. The molecule has 4 nitrogen and oxygen atoms in total. The first-order chi connectivity index (χ1) is 12.6. The van der Waals surface area contributed by atoms with Gasteiger partial charge in [0.05, 0.1) is 22.8 Å². The minimum Gasteiger partial charge on any atom is -0.325 e. The number of nitrogens with zero attached hydrogens (tertiary/aromatic N) is 2. The van der Waals surface area contributed by atoms with E-state index in [0.29, 0.717) is 11.3 Å². The summed E-state index contributed by atoms with van der Waals surface area (Å²) < 4.78 is 14.8. The third-order valence-corrected chi connectivity index (χ3v) is 5.90. The van der Waals surface area contributed by atoms with Crippen LogP contribution in [-0.2, 0) is 4.79 Å². The van der Waals surface area contributed by atoms with Gasteiger partial charge in [-0.05, 0) is 56.1 Å². The lowest BCUT2D eigenvalue weighted by Crippen LogP contribution is -2.32. The molecule has 134 valence electrons. The van der Waals surface area contributed by atoms with Crippen LogP contribution >= 0.6 is 11.3 Å². The van der Waals surface area contributed by atoms with E-state index in [1.807, 2.05) is 18.2 Å². The van der Waals surface area contributed by atoms with Crippen LogP contribution < -0.4 is 5.32 Å². The number of halogens is 1. The Kier molecular flexibility index (Phi) is 4.70. The van der Waals surface area contributed by atoms with Gasteiger partial charge in [-0.3, -0.25) is 9.69 Å². The van der Waals surface area contributed by atoms with Crippen molar-refractivity contribution in [3.63, 3.8) is 0 Å². The van der Waals surface area contributed by atoms with E-state index >= 15 is 0 Å². The van der Waals surface area contributed by atoms with Crippen molar-refractivity contribution in [3.8, 4) is 0 Å². The number of fused-ring (bicyclic) bond motifs is 1. The average Bonchev–Trinajstić information content (AvgIpc) is 3.24. The summed E-state index contributed by atoms with van der Waals surface area (Å²) in [7, 11) is 0. The van der Waals surface area contributed by atoms with E-state index in [1.165, 1.54) is 10.8 Å². The number of rotatable bonds is 4. The normalized spacial score (nSPS) is 17.7. The first-order valence-corrected chi connectivity index (χ1v) is 9.57. The van der Waals surface area contributed by atoms with Crippen molar-refractivity contribution in [2.24, 2.45) is 0 Å². The molecule has 1 unspecified atom stereocenters. The van der Waals surface area contributed by atoms with Gasteiger partial charge < -0.3 is 5.32 Å². The number of nitrogens with one attached hydrogen (secondary N) is 1. The van der Waals surface area contributed by atoms with Crippen LogP contribution in [0.5, 0.6) is 0 Å². The molecule has 6 heteroatoms. The third-order valence-electron chi connectivity index (χ3n) is 4.76. The van der Waals surface area contributed by atoms with E-state index in [0.717, 1.165) is 29.9 Å². The average molecular weight is 369 g/mol. The summed E-state index contributed by atoms with van der Waals surface area (Å²) in [5.74, 6) is -0.433. The molecule has 0 aliphatic carbocycles. The molecule has 1 atom stereocenters. The van der Waals surface area contributed by atoms with E-state index in [2.05, 4.69) is 16.3 Å². The van der Waals surface area contributed by atoms with Crippen molar-refractivity contribution in [1.82, 2.24) is 9.88 Å². The monoisotopic (exact) mass is 369 g/mol. The van der Waals surface area contributed by atoms with Crippen molar-refractivity contribution < 1.29 is 9.18 Å². The Morgan fingerprint density at radius 2 is 2.19 bits per heavy atom. The van der Waals surface area contributed by atoms with Crippen molar-refractivity contribution in [1.29, 1.82) is 0 Å². The molecule has 1 aliphatic rings. The molecular formula is C20H20FN3OS. The second-order valence-corrected chi connectivity index (χ2v) is 7.72. The maximum atomic E-state index is 13.7. The number of carbonyl (C=O) groups is 1. The second kappa shape index (κ2) is 7.13. The number of anilines is 1. The summed E-state index contributed by atoms with van der Waals surface area (Å²) in [5.41, 5.74) is 2.08. The van der Waals surface area contributed by atoms with E-state index in [-0.39, 0.29) is 24.3 Å². The molecule has 1 N–H and O–H groups in total. The molecule has 4 rings (SSSR count). The second-order valence-electron chi connectivity index (χ2n) is 6.66. The predicted octanol–water partition coefficient (Wildman–Crippen LogP) is 4.52. The number of aryl methyl sites for hydroxylation is 1. The molecule has 0 spiro atoms. The van der Waals surface area contributed by atoms with E-state index in [9.17, 15) is 9.18 Å². The number of thiazole rings is 1. The maximum absolute atomic E-state index is 13.7. The lowest BCUT2D eigenvalue weighted by atomic mass is 10.2. The lowest BCUT2D eigenvalue weighted by molar-refractivity contribution is -0.117. The zero-order valence-corrected chi connectivity index (χ0v) is 15.4. The Balaban J connectivity index is 1.46. The highest BCUT2D eigenvalue weighted by Gasteiger charge is 2.30. The summed E-state index contributed by atoms with van der Waals surface area (Å²) in [6.07, 6.45) is 2.05. The van der Waals surface area contributed by atoms with Crippen LogP contribution in [0.4, 0.5) is 10.1 Å². The molecule has 1 saturated heterocycles. The van der Waals surface area contributed by atoms with Gasteiger partial charge in [-0.1, -0.05) is 18.2 Å². The summed E-state index contributed by atoms with van der Waals surface area (Å²) in [4.78, 5) is 19.3. The number of amides is 1. The van der Waals surface area contributed by atoms with Crippen molar-refractivity contribution in [2.45, 2.75) is 25.8 Å².